The van der Waals surface area contributed by atoms with Crippen molar-refractivity contribution in [2.45, 2.75) is 0 Å². The summed E-state index contributed by atoms with van der Waals surface area (Å²) in [4.78, 5) is 0. The Morgan fingerprint density at radius 1 is 1.22 bits per heavy atom. The molecular weight excluding hydrogens is 246 g/mol. The van der Waals surface area contributed by atoms with Crippen molar-refractivity contribution in [3.8, 4) is 5.75 Å². The number of hydrogen-bond acceptors (Lipinski definition) is 4. The van der Waals surface area contributed by atoms with Crippen LogP contribution < -0.4 is 10.1 Å². The Morgan fingerprint density at radius 2 is 2.06 bits per heavy atom. The van der Waals surface area contributed by atoms with E-state index < -0.39 is 0 Å². The molecule has 0 spiro atoms. The highest BCUT2D eigenvalue weighted by Gasteiger charge is 2.13. The highest BCUT2D eigenvalue weighted by Crippen LogP contribution is 2.29. The molecule has 0 unspecified atom stereocenters. The molecule has 96 valence electrons. The van der Waals surface area contributed by atoms with E-state index in [9.17, 15) is 0 Å². The van der Waals surface area contributed by atoms with E-state index in [1.165, 1.54) is 10.9 Å². The molecule has 1 aromatic heterocycles. The second kappa shape index (κ2) is 5.22. The molecule has 5 heteroatoms. The van der Waals surface area contributed by atoms with E-state index in [1.54, 1.807) is 19.2 Å². The molecule has 0 saturated carbocycles. The maximum absolute atomic E-state index is 5.38. The van der Waals surface area contributed by atoms with Crippen LogP contribution in [0.3, 0.4) is 0 Å². The highest BCUT2D eigenvalue weighted by atomic mass is 32.2. The maximum Gasteiger partial charge on any atom is 0.128 e. The molecule has 1 aliphatic rings. The van der Waals surface area contributed by atoms with Crippen LogP contribution in [0.2, 0.25) is 0 Å². The van der Waals surface area contributed by atoms with Crippen LogP contribution in [0.25, 0.3) is 10.9 Å². The van der Waals surface area contributed by atoms with Gasteiger partial charge in [0.25, 0.3) is 0 Å². The van der Waals surface area contributed by atoms with Gasteiger partial charge in [-0.25, -0.2) is 4.31 Å². The number of nitrogens with one attached hydrogen (secondary N) is 1. The summed E-state index contributed by atoms with van der Waals surface area (Å²) in [6.45, 7) is 4.29. The number of ether oxygens (including phenoxy) is 1. The lowest BCUT2D eigenvalue weighted by atomic mass is 10.2. The first-order valence-corrected chi connectivity index (χ1v) is 6.90. The third kappa shape index (κ3) is 2.21. The average Bonchev–Trinajstić information content (AvgIpc) is 2.83. The molecule has 4 nitrogen and oxygen atoms in total. The SMILES string of the molecule is COc1cccc2c1ccn2SN1CCNCC1. The average molecular weight is 263 g/mol. The van der Waals surface area contributed by atoms with Crippen molar-refractivity contribution >= 4 is 23.0 Å². The Balaban J connectivity index is 1.88. The summed E-state index contributed by atoms with van der Waals surface area (Å²) in [6, 6.07) is 8.29. The molecule has 3 rings (SSSR count). The maximum atomic E-state index is 5.38. The van der Waals surface area contributed by atoms with Gasteiger partial charge in [-0.05, 0) is 18.2 Å². The van der Waals surface area contributed by atoms with Gasteiger partial charge >= 0.3 is 0 Å². The molecule has 2 heterocycles. The molecule has 18 heavy (non-hydrogen) atoms. The molecule has 1 aliphatic heterocycles. The summed E-state index contributed by atoms with van der Waals surface area (Å²) in [5.74, 6) is 0.937. The summed E-state index contributed by atoms with van der Waals surface area (Å²) < 4.78 is 9.98. The van der Waals surface area contributed by atoms with Crippen LogP contribution in [0.4, 0.5) is 0 Å². The zero-order chi connectivity index (χ0) is 12.4. The molecule has 0 atom stereocenters. The van der Waals surface area contributed by atoms with Crippen LogP contribution in [0.1, 0.15) is 0 Å². The minimum absolute atomic E-state index is 0.937. The van der Waals surface area contributed by atoms with Crippen LogP contribution in [0.15, 0.2) is 30.5 Å². The van der Waals surface area contributed by atoms with Gasteiger partial charge in [0, 0.05) is 49.9 Å². The van der Waals surface area contributed by atoms with Gasteiger partial charge in [-0.3, -0.25) is 3.97 Å². The van der Waals surface area contributed by atoms with E-state index in [1.807, 2.05) is 12.1 Å². The van der Waals surface area contributed by atoms with Gasteiger partial charge in [-0.2, -0.15) is 0 Å². The van der Waals surface area contributed by atoms with Crippen LogP contribution in [0, 0.1) is 0 Å². The lowest BCUT2D eigenvalue weighted by Gasteiger charge is -2.26. The van der Waals surface area contributed by atoms with E-state index in [0.717, 1.165) is 31.9 Å². The molecule has 1 saturated heterocycles. The Labute approximate surface area is 111 Å². The quantitative estimate of drug-likeness (QED) is 0.857. The van der Waals surface area contributed by atoms with Crippen LogP contribution in [-0.2, 0) is 0 Å². The first kappa shape index (κ1) is 11.9. The lowest BCUT2D eigenvalue weighted by molar-refractivity contribution is 0.395. The standard InChI is InChI=1S/C13H17N3OS/c1-17-13-4-2-3-12-11(13)5-8-16(12)18-15-9-6-14-7-10-15/h2-5,8,14H,6-7,9-10H2,1H3. The van der Waals surface area contributed by atoms with Gasteiger partial charge in [-0.1, -0.05) is 6.07 Å². The predicted molar refractivity (Wildman–Crippen MR) is 75.9 cm³/mol. The minimum Gasteiger partial charge on any atom is -0.496 e. The van der Waals surface area contributed by atoms with Crippen molar-refractivity contribution in [1.82, 2.24) is 13.6 Å². The Kier molecular flexibility index (Phi) is 3.45. The van der Waals surface area contributed by atoms with Gasteiger partial charge in [0.15, 0.2) is 0 Å². The Morgan fingerprint density at radius 3 is 2.83 bits per heavy atom. The minimum atomic E-state index is 0.937. The fourth-order valence-corrected chi connectivity index (χ4v) is 3.17. The summed E-state index contributed by atoms with van der Waals surface area (Å²) in [5, 5.41) is 4.53. The van der Waals surface area contributed by atoms with E-state index in [-0.39, 0.29) is 0 Å². The summed E-state index contributed by atoms with van der Waals surface area (Å²) in [5.41, 5.74) is 1.21. The third-order valence-corrected chi connectivity index (χ3v) is 4.25. The molecule has 1 fully saturated rings. The topological polar surface area (TPSA) is 29.4 Å². The van der Waals surface area contributed by atoms with Crippen LogP contribution in [0.5, 0.6) is 5.75 Å². The first-order valence-electron chi connectivity index (χ1n) is 6.16. The number of hydrogen-bond donors (Lipinski definition) is 1. The number of methoxy groups -OCH3 is 1. The van der Waals surface area contributed by atoms with E-state index in [2.05, 4.69) is 31.9 Å². The van der Waals surface area contributed by atoms with Gasteiger partial charge in [0.05, 0.1) is 12.6 Å². The van der Waals surface area contributed by atoms with Gasteiger partial charge in [-0.15, -0.1) is 0 Å². The number of aromatic nitrogens is 1. The zero-order valence-corrected chi connectivity index (χ0v) is 11.2. The molecule has 1 N–H and O–H groups in total. The zero-order valence-electron chi connectivity index (χ0n) is 10.4. The number of rotatable bonds is 3. The molecule has 0 amide bonds. The normalized spacial score (nSPS) is 17.2. The number of piperazine rings is 1. The van der Waals surface area contributed by atoms with E-state index in [4.69, 9.17) is 4.74 Å². The predicted octanol–water partition coefficient (Wildman–Crippen LogP) is 1.97. The fourth-order valence-electron chi connectivity index (χ4n) is 2.21. The summed E-state index contributed by atoms with van der Waals surface area (Å²) in [7, 11) is 1.72. The van der Waals surface area contributed by atoms with Gasteiger partial charge in [0.2, 0.25) is 0 Å². The number of nitrogens with zero attached hydrogens (tertiary/aromatic N) is 2. The van der Waals surface area contributed by atoms with Crippen LogP contribution in [-0.4, -0.2) is 41.6 Å². The van der Waals surface area contributed by atoms with E-state index >= 15 is 0 Å². The van der Waals surface area contributed by atoms with Gasteiger partial charge < -0.3 is 10.1 Å². The second-order valence-corrected chi connectivity index (χ2v) is 5.37. The molecule has 0 aliphatic carbocycles. The Hall–Kier alpha value is -1.17. The summed E-state index contributed by atoms with van der Waals surface area (Å²) >= 11 is 1.77. The van der Waals surface area contributed by atoms with E-state index in [0.29, 0.717) is 0 Å². The van der Waals surface area contributed by atoms with Crippen molar-refractivity contribution in [2.24, 2.45) is 0 Å². The molecule has 0 radical (unpaired) electrons. The molecule has 1 aromatic carbocycles. The van der Waals surface area contributed by atoms with Crippen molar-refractivity contribution < 1.29 is 4.74 Å². The van der Waals surface area contributed by atoms with Crippen molar-refractivity contribution in [3.63, 3.8) is 0 Å². The first-order chi connectivity index (χ1) is 8.88. The van der Waals surface area contributed by atoms with Crippen molar-refractivity contribution in [2.75, 3.05) is 33.3 Å². The van der Waals surface area contributed by atoms with Gasteiger partial charge in [0.1, 0.15) is 5.75 Å². The molecule has 2 aromatic rings. The monoisotopic (exact) mass is 263 g/mol. The smallest absolute Gasteiger partial charge is 0.128 e. The third-order valence-electron chi connectivity index (χ3n) is 3.16. The Bertz CT molecular complexity index is 534. The lowest BCUT2D eigenvalue weighted by Crippen LogP contribution is -2.40. The number of benzene rings is 1. The summed E-state index contributed by atoms with van der Waals surface area (Å²) in [6.07, 6.45) is 2.11. The second-order valence-electron chi connectivity index (χ2n) is 4.30. The highest BCUT2D eigenvalue weighted by molar-refractivity contribution is 7.95. The molecular formula is C13H17N3OS. The fraction of sp³-hybridized carbons (Fsp3) is 0.385. The number of fused-ring (bicyclic) bond motifs is 1. The molecule has 0 bridgehead atoms. The van der Waals surface area contributed by atoms with Crippen molar-refractivity contribution in [1.29, 1.82) is 0 Å². The largest absolute Gasteiger partial charge is 0.496 e. The van der Waals surface area contributed by atoms with Crippen LogP contribution >= 0.6 is 12.1 Å². The van der Waals surface area contributed by atoms with Crippen molar-refractivity contribution in [3.05, 3.63) is 30.5 Å².